The van der Waals surface area contributed by atoms with Crippen molar-refractivity contribution in [3.8, 4) is 5.75 Å². The second kappa shape index (κ2) is 7.59. The minimum Gasteiger partial charge on any atom is -0.496 e. The highest BCUT2D eigenvalue weighted by Crippen LogP contribution is 2.22. The highest BCUT2D eigenvalue weighted by molar-refractivity contribution is 5.85. The van der Waals surface area contributed by atoms with Gasteiger partial charge in [0.15, 0.2) is 0 Å². The van der Waals surface area contributed by atoms with Crippen molar-refractivity contribution in [2.45, 2.75) is 13.0 Å². The molecule has 0 radical (unpaired) electrons. The molecule has 110 valence electrons. The Bertz CT molecular complexity index is 489. The van der Waals surface area contributed by atoms with Crippen LogP contribution in [0.15, 0.2) is 24.3 Å². The molecule has 0 saturated carbocycles. The van der Waals surface area contributed by atoms with E-state index in [2.05, 4.69) is 0 Å². The van der Waals surface area contributed by atoms with Crippen LogP contribution in [0.4, 0.5) is 8.78 Å². The molecule has 0 unspecified atom stereocenters. The highest BCUT2D eigenvalue weighted by Gasteiger charge is 2.11. The van der Waals surface area contributed by atoms with E-state index < -0.39 is 12.4 Å². The van der Waals surface area contributed by atoms with E-state index in [0.29, 0.717) is 17.9 Å². The van der Waals surface area contributed by atoms with Gasteiger partial charge in [0.2, 0.25) is 0 Å². The van der Waals surface area contributed by atoms with Crippen LogP contribution in [-0.4, -0.2) is 43.1 Å². The van der Waals surface area contributed by atoms with Crippen molar-refractivity contribution in [2.75, 3.05) is 20.7 Å². The molecule has 0 aliphatic heterocycles. The van der Waals surface area contributed by atoms with E-state index in [-0.39, 0.29) is 6.54 Å². The molecule has 0 amide bonds. The van der Waals surface area contributed by atoms with E-state index >= 15 is 0 Å². The van der Waals surface area contributed by atoms with Gasteiger partial charge in [-0.15, -0.1) is 0 Å². The van der Waals surface area contributed by atoms with Crippen LogP contribution in [0.25, 0.3) is 6.08 Å². The number of carboxylic acid groups (broad SMARTS) is 1. The molecule has 0 spiro atoms. The monoisotopic (exact) mass is 285 g/mol. The van der Waals surface area contributed by atoms with E-state index in [0.717, 1.165) is 11.6 Å². The van der Waals surface area contributed by atoms with E-state index in [4.69, 9.17) is 9.84 Å². The van der Waals surface area contributed by atoms with Gasteiger partial charge in [0.25, 0.3) is 6.43 Å². The zero-order chi connectivity index (χ0) is 15.1. The summed E-state index contributed by atoms with van der Waals surface area (Å²) in [6.07, 6.45) is 0.0634. The third-order valence-corrected chi connectivity index (χ3v) is 2.61. The van der Waals surface area contributed by atoms with E-state index in [1.165, 1.54) is 18.1 Å². The Hall–Kier alpha value is -1.95. The van der Waals surface area contributed by atoms with Gasteiger partial charge in [-0.3, -0.25) is 4.90 Å². The number of hydrogen-bond acceptors (Lipinski definition) is 3. The molecule has 0 fully saturated rings. The normalized spacial score (nSPS) is 11.5. The van der Waals surface area contributed by atoms with Gasteiger partial charge in [0.1, 0.15) is 5.75 Å². The SMILES string of the molecule is COc1ccc(/C=C/C(=O)O)cc1CN(C)CC(F)F. The summed E-state index contributed by atoms with van der Waals surface area (Å²) in [5.74, 6) is -0.462. The summed E-state index contributed by atoms with van der Waals surface area (Å²) < 4.78 is 29.8. The van der Waals surface area contributed by atoms with Crippen molar-refractivity contribution in [1.29, 1.82) is 0 Å². The van der Waals surface area contributed by atoms with E-state index in [9.17, 15) is 13.6 Å². The second-order valence-corrected chi connectivity index (χ2v) is 4.33. The van der Waals surface area contributed by atoms with Gasteiger partial charge in [-0.25, -0.2) is 13.6 Å². The lowest BCUT2D eigenvalue weighted by molar-refractivity contribution is -0.131. The average molecular weight is 285 g/mol. The minimum absolute atomic E-state index is 0.294. The minimum atomic E-state index is -2.40. The number of benzene rings is 1. The number of rotatable bonds is 7. The lowest BCUT2D eigenvalue weighted by atomic mass is 10.1. The van der Waals surface area contributed by atoms with Crippen molar-refractivity contribution in [3.05, 3.63) is 35.4 Å². The Morgan fingerprint density at radius 1 is 1.50 bits per heavy atom. The Balaban J connectivity index is 2.91. The fourth-order valence-electron chi connectivity index (χ4n) is 1.78. The molecule has 0 aliphatic rings. The Kier molecular flexibility index (Phi) is 6.11. The maximum atomic E-state index is 12.3. The number of aliphatic carboxylic acids is 1. The molecule has 1 rings (SSSR count). The van der Waals surface area contributed by atoms with Gasteiger partial charge in [-0.2, -0.15) is 0 Å². The van der Waals surface area contributed by atoms with E-state index in [1.807, 2.05) is 0 Å². The molecule has 0 atom stereocenters. The van der Waals surface area contributed by atoms with Crippen molar-refractivity contribution >= 4 is 12.0 Å². The van der Waals surface area contributed by atoms with Crippen molar-refractivity contribution < 1.29 is 23.4 Å². The number of hydrogen-bond donors (Lipinski definition) is 1. The predicted octanol–water partition coefficient (Wildman–Crippen LogP) is 2.49. The van der Waals surface area contributed by atoms with E-state index in [1.54, 1.807) is 25.2 Å². The molecule has 0 saturated heterocycles. The van der Waals surface area contributed by atoms with Gasteiger partial charge < -0.3 is 9.84 Å². The molecular formula is C14H17F2NO3. The summed E-state index contributed by atoms with van der Waals surface area (Å²) in [6.45, 7) is -0.0411. The molecule has 1 N–H and O–H groups in total. The Morgan fingerprint density at radius 2 is 2.20 bits per heavy atom. The molecule has 0 bridgehead atoms. The number of halogens is 2. The predicted molar refractivity (Wildman–Crippen MR) is 72.0 cm³/mol. The third kappa shape index (κ3) is 5.36. The fraction of sp³-hybridized carbons (Fsp3) is 0.357. The van der Waals surface area contributed by atoms with Crippen LogP contribution >= 0.6 is 0 Å². The van der Waals surface area contributed by atoms with Crippen LogP contribution in [0.3, 0.4) is 0 Å². The smallest absolute Gasteiger partial charge is 0.328 e. The summed E-state index contributed by atoms with van der Waals surface area (Å²) in [5.41, 5.74) is 1.40. The number of alkyl halides is 2. The summed E-state index contributed by atoms with van der Waals surface area (Å²) in [6, 6.07) is 5.11. The molecule has 0 aromatic heterocycles. The number of ether oxygens (including phenoxy) is 1. The molecule has 20 heavy (non-hydrogen) atoms. The maximum absolute atomic E-state index is 12.3. The molecule has 0 heterocycles. The lowest BCUT2D eigenvalue weighted by Crippen LogP contribution is -2.24. The van der Waals surface area contributed by atoms with Gasteiger partial charge in [-0.05, 0) is 30.8 Å². The molecular weight excluding hydrogens is 268 g/mol. The Morgan fingerprint density at radius 3 is 2.75 bits per heavy atom. The average Bonchev–Trinajstić information content (AvgIpc) is 2.35. The molecule has 4 nitrogen and oxygen atoms in total. The second-order valence-electron chi connectivity index (χ2n) is 4.33. The number of nitrogens with zero attached hydrogens (tertiary/aromatic N) is 1. The standard InChI is InChI=1S/C14H17F2NO3/c1-17(9-13(15)16)8-11-7-10(4-6-14(18)19)3-5-12(11)20-2/h3-7,13H,8-9H2,1-2H3,(H,18,19)/b6-4+. The number of methoxy groups -OCH3 is 1. The lowest BCUT2D eigenvalue weighted by Gasteiger charge is -2.18. The van der Waals surface area contributed by atoms with Gasteiger partial charge >= 0.3 is 5.97 Å². The summed E-state index contributed by atoms with van der Waals surface area (Å²) in [7, 11) is 3.09. The summed E-state index contributed by atoms with van der Waals surface area (Å²) in [5, 5.41) is 8.59. The fourth-order valence-corrected chi connectivity index (χ4v) is 1.78. The zero-order valence-corrected chi connectivity index (χ0v) is 11.3. The van der Waals surface area contributed by atoms with Gasteiger partial charge in [0, 0.05) is 18.2 Å². The summed E-state index contributed by atoms with van der Waals surface area (Å²) in [4.78, 5) is 12.0. The van der Waals surface area contributed by atoms with Crippen LogP contribution < -0.4 is 4.74 Å². The van der Waals surface area contributed by atoms with Crippen LogP contribution in [0, 0.1) is 0 Å². The van der Waals surface area contributed by atoms with Crippen LogP contribution in [-0.2, 0) is 11.3 Å². The topological polar surface area (TPSA) is 49.8 Å². The quantitative estimate of drug-likeness (QED) is 0.782. The number of carbonyl (C=O) groups is 1. The third-order valence-electron chi connectivity index (χ3n) is 2.61. The molecule has 0 aliphatic carbocycles. The van der Waals surface area contributed by atoms with Gasteiger partial charge in [-0.1, -0.05) is 6.07 Å². The largest absolute Gasteiger partial charge is 0.496 e. The number of carboxylic acids is 1. The molecule has 6 heteroatoms. The van der Waals surface area contributed by atoms with Crippen LogP contribution in [0.5, 0.6) is 5.75 Å². The molecule has 1 aromatic rings. The maximum Gasteiger partial charge on any atom is 0.328 e. The first kappa shape index (κ1) is 16.1. The first-order valence-corrected chi connectivity index (χ1v) is 5.97. The zero-order valence-electron chi connectivity index (χ0n) is 11.3. The van der Waals surface area contributed by atoms with Crippen molar-refractivity contribution in [2.24, 2.45) is 0 Å². The first-order chi connectivity index (χ1) is 9.42. The van der Waals surface area contributed by atoms with Crippen LogP contribution in [0.1, 0.15) is 11.1 Å². The molecule has 1 aromatic carbocycles. The highest BCUT2D eigenvalue weighted by atomic mass is 19.3. The summed E-state index contributed by atoms with van der Waals surface area (Å²) >= 11 is 0. The van der Waals surface area contributed by atoms with Crippen molar-refractivity contribution in [3.63, 3.8) is 0 Å². The van der Waals surface area contributed by atoms with Crippen molar-refractivity contribution in [1.82, 2.24) is 4.90 Å². The van der Waals surface area contributed by atoms with Gasteiger partial charge in [0.05, 0.1) is 13.7 Å². The van der Waals surface area contributed by atoms with Crippen LogP contribution in [0.2, 0.25) is 0 Å². The Labute approximate surface area is 116 Å². The first-order valence-electron chi connectivity index (χ1n) is 5.97.